The van der Waals surface area contributed by atoms with Crippen molar-refractivity contribution in [2.45, 2.75) is 168 Å². The summed E-state index contributed by atoms with van der Waals surface area (Å²) in [6, 6.07) is 0. The van der Waals surface area contributed by atoms with Gasteiger partial charge in [-0.25, -0.2) is 0 Å². The second-order valence-electron chi connectivity index (χ2n) is 10.1. The lowest BCUT2D eigenvalue weighted by molar-refractivity contribution is -0.148. The average Bonchev–Trinajstić information content (AvgIpc) is 2.85. The van der Waals surface area contributed by atoms with Crippen molar-refractivity contribution in [1.82, 2.24) is 0 Å². The molecule has 0 amide bonds. The predicted octanol–water partition coefficient (Wildman–Crippen LogP) is 9.91. The molecule has 0 aromatic heterocycles. The molecule has 0 fully saturated rings. The Bertz CT molecular complexity index is 363. The number of hydrogen-bond acceptors (Lipinski definition) is 3. The largest absolute Gasteiger partial charge is 0.396 e. The zero-order chi connectivity index (χ0) is 24.8. The van der Waals surface area contributed by atoms with Gasteiger partial charge in [-0.15, -0.1) is 0 Å². The summed E-state index contributed by atoms with van der Waals surface area (Å²) in [5, 5.41) is 8.78. The Labute approximate surface area is 214 Å². The highest BCUT2D eigenvalue weighted by atomic mass is 16.7. The van der Waals surface area contributed by atoms with Crippen LogP contribution in [0.5, 0.6) is 0 Å². The summed E-state index contributed by atoms with van der Waals surface area (Å²) in [6.45, 7) is 6.54. The SMILES string of the molecule is CCCCCCCCCOC(CCCCCCCC/C=C\CCO)OCCCCCCCCC. The van der Waals surface area contributed by atoms with Crippen molar-refractivity contribution in [3.63, 3.8) is 0 Å². The van der Waals surface area contributed by atoms with Gasteiger partial charge in [-0.3, -0.25) is 0 Å². The maximum absolute atomic E-state index is 8.78. The van der Waals surface area contributed by atoms with E-state index in [0.717, 1.165) is 32.5 Å². The minimum absolute atomic E-state index is 0.0110. The van der Waals surface area contributed by atoms with E-state index in [1.54, 1.807) is 0 Å². The van der Waals surface area contributed by atoms with Crippen LogP contribution in [0.25, 0.3) is 0 Å². The highest BCUT2D eigenvalue weighted by molar-refractivity contribution is 4.80. The summed E-state index contributed by atoms with van der Waals surface area (Å²) in [5.41, 5.74) is 0. The average molecular weight is 483 g/mol. The van der Waals surface area contributed by atoms with Crippen LogP contribution in [0.4, 0.5) is 0 Å². The molecular formula is C31H62O3. The monoisotopic (exact) mass is 482 g/mol. The van der Waals surface area contributed by atoms with E-state index in [9.17, 15) is 0 Å². The van der Waals surface area contributed by atoms with E-state index in [4.69, 9.17) is 14.6 Å². The smallest absolute Gasteiger partial charge is 0.157 e. The Morgan fingerprint density at radius 1 is 0.500 bits per heavy atom. The number of aliphatic hydroxyl groups is 1. The van der Waals surface area contributed by atoms with Crippen molar-refractivity contribution in [2.75, 3.05) is 19.8 Å². The molecule has 0 aliphatic carbocycles. The predicted molar refractivity (Wildman–Crippen MR) is 149 cm³/mol. The van der Waals surface area contributed by atoms with Crippen molar-refractivity contribution in [3.05, 3.63) is 12.2 Å². The van der Waals surface area contributed by atoms with Gasteiger partial charge in [0.2, 0.25) is 0 Å². The lowest BCUT2D eigenvalue weighted by Crippen LogP contribution is -2.19. The zero-order valence-corrected chi connectivity index (χ0v) is 23.4. The van der Waals surface area contributed by atoms with Gasteiger partial charge < -0.3 is 14.6 Å². The summed E-state index contributed by atoms with van der Waals surface area (Å²) in [5.74, 6) is 0. The molecule has 0 heterocycles. The first-order valence-electron chi connectivity index (χ1n) is 15.3. The molecule has 204 valence electrons. The lowest BCUT2D eigenvalue weighted by atomic mass is 10.1. The normalized spacial score (nSPS) is 11.9. The van der Waals surface area contributed by atoms with Gasteiger partial charge in [-0.05, 0) is 44.9 Å². The number of rotatable bonds is 29. The topological polar surface area (TPSA) is 38.7 Å². The zero-order valence-electron chi connectivity index (χ0n) is 23.4. The summed E-state index contributed by atoms with van der Waals surface area (Å²) >= 11 is 0. The van der Waals surface area contributed by atoms with Gasteiger partial charge in [-0.1, -0.05) is 129 Å². The third-order valence-corrected chi connectivity index (χ3v) is 6.63. The van der Waals surface area contributed by atoms with Crippen LogP contribution < -0.4 is 0 Å². The van der Waals surface area contributed by atoms with Crippen LogP contribution in [-0.2, 0) is 9.47 Å². The summed E-state index contributed by atoms with van der Waals surface area (Å²) < 4.78 is 12.3. The Morgan fingerprint density at radius 3 is 1.41 bits per heavy atom. The van der Waals surface area contributed by atoms with Gasteiger partial charge in [0.05, 0.1) is 0 Å². The Morgan fingerprint density at radius 2 is 0.912 bits per heavy atom. The molecular weight excluding hydrogens is 420 g/mol. The summed E-state index contributed by atoms with van der Waals surface area (Å²) in [4.78, 5) is 0. The quantitative estimate of drug-likeness (QED) is 0.0654. The van der Waals surface area contributed by atoms with Crippen LogP contribution in [0.2, 0.25) is 0 Å². The van der Waals surface area contributed by atoms with Crippen LogP contribution in [-0.4, -0.2) is 31.2 Å². The molecule has 0 aliphatic rings. The van der Waals surface area contributed by atoms with Crippen LogP contribution in [0.1, 0.15) is 162 Å². The van der Waals surface area contributed by atoms with Gasteiger partial charge in [0.25, 0.3) is 0 Å². The molecule has 3 heteroatoms. The lowest BCUT2D eigenvalue weighted by Gasteiger charge is -2.19. The van der Waals surface area contributed by atoms with E-state index in [1.165, 1.54) is 128 Å². The number of aliphatic hydroxyl groups excluding tert-OH is 1. The molecule has 0 saturated carbocycles. The molecule has 0 bridgehead atoms. The van der Waals surface area contributed by atoms with E-state index in [0.29, 0.717) is 0 Å². The van der Waals surface area contributed by atoms with Crippen LogP contribution in [0, 0.1) is 0 Å². The van der Waals surface area contributed by atoms with Crippen molar-refractivity contribution < 1.29 is 14.6 Å². The van der Waals surface area contributed by atoms with E-state index < -0.39 is 0 Å². The van der Waals surface area contributed by atoms with Crippen LogP contribution in [0.15, 0.2) is 12.2 Å². The van der Waals surface area contributed by atoms with Crippen molar-refractivity contribution in [3.8, 4) is 0 Å². The fourth-order valence-electron chi connectivity index (χ4n) is 4.35. The first-order valence-corrected chi connectivity index (χ1v) is 15.3. The maximum atomic E-state index is 8.78. The molecule has 1 N–H and O–H groups in total. The molecule has 0 rings (SSSR count). The number of unbranched alkanes of at least 4 members (excludes halogenated alkanes) is 18. The summed E-state index contributed by atoms with van der Waals surface area (Å²) in [7, 11) is 0. The molecule has 0 radical (unpaired) electrons. The standard InChI is InChI=1S/C31H62O3/c1-3-5-7-9-17-21-25-29-33-31(34-30-26-22-18-10-8-6-4-2)27-23-19-15-13-11-12-14-16-20-24-28-32/h16,20,31-32H,3-15,17-19,21-30H2,1-2H3/b20-16-. The maximum Gasteiger partial charge on any atom is 0.157 e. The van der Waals surface area contributed by atoms with Gasteiger partial charge >= 0.3 is 0 Å². The third-order valence-electron chi connectivity index (χ3n) is 6.63. The fourth-order valence-corrected chi connectivity index (χ4v) is 4.35. The highest BCUT2D eigenvalue weighted by Crippen LogP contribution is 2.15. The minimum Gasteiger partial charge on any atom is -0.396 e. The molecule has 0 atom stereocenters. The van der Waals surface area contributed by atoms with Crippen molar-refractivity contribution in [2.24, 2.45) is 0 Å². The minimum atomic E-state index is 0.0110. The fraction of sp³-hybridized carbons (Fsp3) is 0.935. The van der Waals surface area contributed by atoms with E-state index >= 15 is 0 Å². The Hall–Kier alpha value is -0.380. The molecule has 34 heavy (non-hydrogen) atoms. The van der Waals surface area contributed by atoms with Gasteiger partial charge in [0.1, 0.15) is 0 Å². The van der Waals surface area contributed by atoms with Crippen LogP contribution in [0.3, 0.4) is 0 Å². The molecule has 0 aromatic carbocycles. The molecule has 3 nitrogen and oxygen atoms in total. The van der Waals surface area contributed by atoms with Gasteiger partial charge in [0, 0.05) is 19.8 Å². The van der Waals surface area contributed by atoms with E-state index in [1.807, 2.05) is 0 Å². The third kappa shape index (κ3) is 27.9. The summed E-state index contributed by atoms with van der Waals surface area (Å²) in [6.07, 6.45) is 33.7. The molecule has 0 aromatic rings. The first-order chi connectivity index (χ1) is 16.8. The molecule has 0 aliphatic heterocycles. The van der Waals surface area contributed by atoms with E-state index in [-0.39, 0.29) is 12.9 Å². The molecule has 0 spiro atoms. The Balaban J connectivity index is 3.86. The number of hydrogen-bond donors (Lipinski definition) is 1. The number of allylic oxidation sites excluding steroid dienone is 1. The first kappa shape index (κ1) is 33.6. The van der Waals surface area contributed by atoms with E-state index in [2.05, 4.69) is 26.0 Å². The highest BCUT2D eigenvalue weighted by Gasteiger charge is 2.09. The number of ether oxygens (including phenoxy) is 2. The Kier molecular flexibility index (Phi) is 30.3. The van der Waals surface area contributed by atoms with Gasteiger partial charge in [-0.2, -0.15) is 0 Å². The van der Waals surface area contributed by atoms with Gasteiger partial charge in [0.15, 0.2) is 6.29 Å². The second kappa shape index (κ2) is 30.7. The van der Waals surface area contributed by atoms with Crippen molar-refractivity contribution in [1.29, 1.82) is 0 Å². The molecule has 0 unspecified atom stereocenters. The van der Waals surface area contributed by atoms with Crippen molar-refractivity contribution >= 4 is 0 Å². The molecule has 0 saturated heterocycles. The van der Waals surface area contributed by atoms with Crippen LogP contribution >= 0.6 is 0 Å². The second-order valence-corrected chi connectivity index (χ2v) is 10.1.